The number of hydrogen-bond acceptors (Lipinski definition) is 3. The molecule has 0 spiro atoms. The lowest BCUT2D eigenvalue weighted by Crippen LogP contribution is -2.18. The Morgan fingerprint density at radius 1 is 1.07 bits per heavy atom. The Labute approximate surface area is 183 Å². The van der Waals surface area contributed by atoms with Crippen LogP contribution in [0.25, 0.3) is 0 Å². The van der Waals surface area contributed by atoms with Gasteiger partial charge in [-0.2, -0.15) is 0 Å². The van der Waals surface area contributed by atoms with E-state index in [4.69, 9.17) is 4.42 Å². The van der Waals surface area contributed by atoms with Crippen molar-refractivity contribution < 1.29 is 4.42 Å². The van der Waals surface area contributed by atoms with Crippen LogP contribution in [0, 0.1) is 28.1 Å². The Morgan fingerprint density at radius 2 is 1.73 bits per heavy atom. The Morgan fingerprint density at radius 3 is 2.37 bits per heavy atom. The maximum Gasteiger partial charge on any atom is 0.130 e. The summed E-state index contributed by atoms with van der Waals surface area (Å²) in [6.07, 6.45) is 5.30. The molecule has 2 aromatic rings. The number of nitrogens with zero attached hydrogens (tertiary/aromatic N) is 2. The Hall–Kier alpha value is -1.58. The summed E-state index contributed by atoms with van der Waals surface area (Å²) >= 11 is 0. The molecule has 4 nitrogen and oxygen atoms in total. The van der Waals surface area contributed by atoms with Crippen LogP contribution in [0.5, 0.6) is 0 Å². The van der Waals surface area contributed by atoms with Crippen LogP contribution in [-0.4, -0.2) is 15.2 Å². The number of hydrogen-bond donors (Lipinski definition) is 1. The molecule has 30 heavy (non-hydrogen) atoms. The van der Waals surface area contributed by atoms with E-state index in [0.717, 1.165) is 36.7 Å². The molecule has 0 aliphatic heterocycles. The minimum atomic E-state index is 0.199. The van der Waals surface area contributed by atoms with Crippen LogP contribution in [0.2, 0.25) is 0 Å². The third-order valence-electron chi connectivity index (χ3n) is 7.00. The SMILES string of the molecule is CC(C)Cc1nnc(CC(C)(C)CCC2(C)C(C)C2c2ccc(CC(C)(C)C)o2)[nH]1. The number of rotatable bonds is 9. The monoisotopic (exact) mass is 413 g/mol. The maximum atomic E-state index is 6.29. The van der Waals surface area contributed by atoms with Gasteiger partial charge in [0.1, 0.15) is 23.2 Å². The van der Waals surface area contributed by atoms with E-state index in [-0.39, 0.29) is 10.8 Å². The lowest BCUT2D eigenvalue weighted by Gasteiger charge is -2.25. The average molecular weight is 414 g/mol. The topological polar surface area (TPSA) is 54.7 Å². The molecule has 1 N–H and O–H groups in total. The normalized spacial score (nSPS) is 24.6. The van der Waals surface area contributed by atoms with Crippen molar-refractivity contribution in [1.82, 2.24) is 15.2 Å². The molecule has 0 bridgehead atoms. The summed E-state index contributed by atoms with van der Waals surface area (Å²) in [6, 6.07) is 4.41. The van der Waals surface area contributed by atoms with Crippen molar-refractivity contribution >= 4 is 0 Å². The first-order valence-electron chi connectivity index (χ1n) is 11.8. The zero-order valence-electron chi connectivity index (χ0n) is 20.7. The first-order chi connectivity index (χ1) is 13.8. The van der Waals surface area contributed by atoms with Crippen molar-refractivity contribution in [3.05, 3.63) is 35.3 Å². The molecular formula is C26H43N3O. The molecule has 1 saturated carbocycles. The summed E-state index contributed by atoms with van der Waals surface area (Å²) in [6.45, 7) is 20.8. The Kier molecular flexibility index (Phi) is 6.28. The van der Waals surface area contributed by atoms with E-state index >= 15 is 0 Å². The minimum absolute atomic E-state index is 0.199. The predicted octanol–water partition coefficient (Wildman–Crippen LogP) is 6.97. The van der Waals surface area contributed by atoms with Crippen molar-refractivity contribution in [3.8, 4) is 0 Å². The fourth-order valence-corrected chi connectivity index (χ4v) is 4.98. The minimum Gasteiger partial charge on any atom is -0.466 e. The molecule has 1 fully saturated rings. The quantitative estimate of drug-likeness (QED) is 0.483. The molecule has 1 aliphatic carbocycles. The van der Waals surface area contributed by atoms with E-state index in [9.17, 15) is 0 Å². The average Bonchev–Trinajstić information content (AvgIpc) is 2.98. The summed E-state index contributed by atoms with van der Waals surface area (Å²) in [4.78, 5) is 3.44. The highest BCUT2D eigenvalue weighted by atomic mass is 16.3. The molecule has 2 heterocycles. The van der Waals surface area contributed by atoms with Gasteiger partial charge in [0.15, 0.2) is 0 Å². The van der Waals surface area contributed by atoms with Crippen molar-refractivity contribution in [1.29, 1.82) is 0 Å². The standard InChI is InChI=1S/C26H43N3O/c1-17(2)14-21-27-22(29-28-21)16-25(7,8)12-13-26(9)18(3)23(26)20-11-10-19(30-20)15-24(4,5)6/h10-11,17-18,23H,12-16H2,1-9H3,(H,27,28,29). The first kappa shape index (κ1) is 23.1. The van der Waals surface area contributed by atoms with E-state index in [2.05, 4.69) is 89.6 Å². The second kappa shape index (κ2) is 8.16. The van der Waals surface area contributed by atoms with Gasteiger partial charge in [-0.1, -0.05) is 62.3 Å². The Bertz CT molecular complexity index is 839. The van der Waals surface area contributed by atoms with E-state index in [0.29, 0.717) is 23.2 Å². The molecule has 2 aromatic heterocycles. The van der Waals surface area contributed by atoms with Gasteiger partial charge in [0.05, 0.1) is 0 Å². The van der Waals surface area contributed by atoms with E-state index in [1.165, 1.54) is 18.6 Å². The van der Waals surface area contributed by atoms with Crippen LogP contribution in [0.4, 0.5) is 0 Å². The van der Waals surface area contributed by atoms with Crippen LogP contribution < -0.4 is 0 Å². The molecule has 0 amide bonds. The van der Waals surface area contributed by atoms with Crippen LogP contribution in [-0.2, 0) is 19.3 Å². The number of nitrogens with one attached hydrogen (secondary N) is 1. The van der Waals surface area contributed by atoms with Crippen molar-refractivity contribution in [2.45, 2.75) is 100 Å². The van der Waals surface area contributed by atoms with Crippen LogP contribution >= 0.6 is 0 Å². The number of aromatic nitrogens is 3. The van der Waals surface area contributed by atoms with Gasteiger partial charge < -0.3 is 9.40 Å². The second-order valence-electron chi connectivity index (χ2n) is 12.5. The van der Waals surface area contributed by atoms with Gasteiger partial charge in [-0.15, -0.1) is 10.2 Å². The van der Waals surface area contributed by atoms with Crippen LogP contribution in [0.15, 0.2) is 16.5 Å². The molecular weight excluding hydrogens is 370 g/mol. The van der Waals surface area contributed by atoms with E-state index in [1.54, 1.807) is 0 Å². The van der Waals surface area contributed by atoms with Crippen molar-refractivity contribution in [2.24, 2.45) is 28.1 Å². The molecule has 0 radical (unpaired) electrons. The summed E-state index contributed by atoms with van der Waals surface area (Å²) < 4.78 is 6.29. The zero-order chi connectivity index (χ0) is 22.3. The van der Waals surface area contributed by atoms with Crippen LogP contribution in [0.1, 0.15) is 104 Å². The summed E-state index contributed by atoms with van der Waals surface area (Å²) in [5.41, 5.74) is 0.788. The molecule has 3 atom stereocenters. The van der Waals surface area contributed by atoms with Crippen molar-refractivity contribution in [3.63, 3.8) is 0 Å². The number of aromatic amines is 1. The van der Waals surface area contributed by atoms with Gasteiger partial charge in [0.2, 0.25) is 0 Å². The van der Waals surface area contributed by atoms with Gasteiger partial charge in [-0.25, -0.2) is 0 Å². The van der Waals surface area contributed by atoms with Gasteiger partial charge in [0, 0.05) is 25.2 Å². The third kappa shape index (κ3) is 5.56. The first-order valence-corrected chi connectivity index (χ1v) is 11.8. The van der Waals surface area contributed by atoms with Crippen LogP contribution in [0.3, 0.4) is 0 Å². The molecule has 0 aromatic carbocycles. The highest BCUT2D eigenvalue weighted by Gasteiger charge is 2.60. The highest BCUT2D eigenvalue weighted by Crippen LogP contribution is 2.67. The van der Waals surface area contributed by atoms with Gasteiger partial charge >= 0.3 is 0 Å². The largest absolute Gasteiger partial charge is 0.466 e. The Balaban J connectivity index is 1.57. The van der Waals surface area contributed by atoms with Gasteiger partial charge in [0.25, 0.3) is 0 Å². The number of H-pyrrole nitrogens is 1. The summed E-state index contributed by atoms with van der Waals surface area (Å²) in [5.74, 6) is 6.17. The van der Waals surface area contributed by atoms with Crippen molar-refractivity contribution in [2.75, 3.05) is 0 Å². The predicted molar refractivity (Wildman–Crippen MR) is 124 cm³/mol. The van der Waals surface area contributed by atoms with E-state index < -0.39 is 0 Å². The fourth-order valence-electron chi connectivity index (χ4n) is 4.98. The molecule has 3 rings (SSSR count). The lowest BCUT2D eigenvalue weighted by molar-refractivity contribution is 0.273. The fraction of sp³-hybridized carbons (Fsp3) is 0.769. The highest BCUT2D eigenvalue weighted by molar-refractivity contribution is 5.26. The smallest absolute Gasteiger partial charge is 0.130 e. The maximum absolute atomic E-state index is 6.29. The molecule has 168 valence electrons. The molecule has 3 unspecified atom stereocenters. The molecule has 4 heteroatoms. The summed E-state index contributed by atoms with van der Waals surface area (Å²) in [7, 11) is 0. The summed E-state index contributed by atoms with van der Waals surface area (Å²) in [5, 5.41) is 8.74. The lowest BCUT2D eigenvalue weighted by atomic mass is 9.80. The third-order valence-corrected chi connectivity index (χ3v) is 7.00. The number of furan rings is 1. The van der Waals surface area contributed by atoms with Gasteiger partial charge in [-0.05, 0) is 53.1 Å². The van der Waals surface area contributed by atoms with Gasteiger partial charge in [-0.3, -0.25) is 0 Å². The molecule has 0 saturated heterocycles. The zero-order valence-corrected chi connectivity index (χ0v) is 20.7. The van der Waals surface area contributed by atoms with E-state index in [1.807, 2.05) is 0 Å². The second-order valence-corrected chi connectivity index (χ2v) is 12.5. The molecule has 1 aliphatic rings.